The van der Waals surface area contributed by atoms with Gasteiger partial charge in [0.05, 0.1) is 18.4 Å². The Bertz CT molecular complexity index is 623. The number of para-hydroxylation sites is 1. The zero-order valence-corrected chi connectivity index (χ0v) is 10.3. The van der Waals surface area contributed by atoms with Crippen LogP contribution >= 0.6 is 0 Å². The van der Waals surface area contributed by atoms with Gasteiger partial charge in [0.2, 0.25) is 0 Å². The predicted molar refractivity (Wildman–Crippen MR) is 71.4 cm³/mol. The van der Waals surface area contributed by atoms with E-state index in [-0.39, 0.29) is 5.69 Å². The maximum atomic E-state index is 13.4. The molecule has 0 unspecified atom stereocenters. The standard InChI is InChI=1S/C15H12FNO2/c1-19-15(18)12-7-3-2-6-11(12)10-17-14-9-5-4-8-13(14)16/h2-10H,1H3. The third kappa shape index (κ3) is 3.04. The van der Waals surface area contributed by atoms with Crippen LogP contribution in [0.15, 0.2) is 53.5 Å². The number of methoxy groups -OCH3 is 1. The summed E-state index contributed by atoms with van der Waals surface area (Å²) in [6, 6.07) is 13.0. The minimum atomic E-state index is -0.449. The minimum absolute atomic E-state index is 0.224. The quantitative estimate of drug-likeness (QED) is 0.624. The predicted octanol–water partition coefficient (Wildman–Crippen LogP) is 3.36. The molecule has 0 fully saturated rings. The molecule has 0 saturated heterocycles. The van der Waals surface area contributed by atoms with Crippen LogP contribution in [-0.4, -0.2) is 19.3 Å². The lowest BCUT2D eigenvalue weighted by molar-refractivity contribution is 0.0600. The fourth-order valence-electron chi connectivity index (χ4n) is 1.60. The van der Waals surface area contributed by atoms with E-state index in [4.69, 9.17) is 0 Å². The van der Waals surface area contributed by atoms with Gasteiger partial charge in [-0.25, -0.2) is 9.18 Å². The Morgan fingerprint density at radius 1 is 1.16 bits per heavy atom. The molecule has 0 heterocycles. The summed E-state index contributed by atoms with van der Waals surface area (Å²) < 4.78 is 18.1. The van der Waals surface area contributed by atoms with Crippen LogP contribution in [0.4, 0.5) is 10.1 Å². The summed E-state index contributed by atoms with van der Waals surface area (Å²) in [5, 5.41) is 0. The molecule has 19 heavy (non-hydrogen) atoms. The van der Waals surface area contributed by atoms with Crippen molar-refractivity contribution < 1.29 is 13.9 Å². The van der Waals surface area contributed by atoms with Gasteiger partial charge < -0.3 is 4.74 Å². The first kappa shape index (κ1) is 13.0. The average Bonchev–Trinajstić information content (AvgIpc) is 2.46. The van der Waals surface area contributed by atoms with Gasteiger partial charge in [0.25, 0.3) is 0 Å². The number of hydrogen-bond acceptors (Lipinski definition) is 3. The van der Waals surface area contributed by atoms with E-state index in [1.54, 1.807) is 42.5 Å². The molecule has 0 spiro atoms. The molecule has 0 bridgehead atoms. The van der Waals surface area contributed by atoms with E-state index in [0.717, 1.165) is 0 Å². The van der Waals surface area contributed by atoms with Crippen LogP contribution in [0.3, 0.4) is 0 Å². The van der Waals surface area contributed by atoms with E-state index < -0.39 is 11.8 Å². The highest BCUT2D eigenvalue weighted by Gasteiger charge is 2.09. The highest BCUT2D eigenvalue weighted by atomic mass is 19.1. The first-order chi connectivity index (χ1) is 9.22. The molecule has 0 saturated carbocycles. The summed E-state index contributed by atoms with van der Waals surface area (Å²) in [6.45, 7) is 0. The van der Waals surface area contributed by atoms with E-state index >= 15 is 0 Å². The third-order valence-electron chi connectivity index (χ3n) is 2.56. The molecule has 0 aliphatic heterocycles. The number of carbonyl (C=O) groups excluding carboxylic acids is 1. The van der Waals surface area contributed by atoms with Gasteiger partial charge >= 0.3 is 5.97 Å². The van der Waals surface area contributed by atoms with Gasteiger partial charge in [0, 0.05) is 11.8 Å². The molecule has 2 rings (SSSR count). The SMILES string of the molecule is COC(=O)c1ccccc1C=Nc1ccccc1F. The van der Waals surface area contributed by atoms with Crippen molar-refractivity contribution in [2.45, 2.75) is 0 Å². The monoisotopic (exact) mass is 257 g/mol. The largest absolute Gasteiger partial charge is 0.465 e. The van der Waals surface area contributed by atoms with Crippen molar-refractivity contribution in [2.24, 2.45) is 4.99 Å². The van der Waals surface area contributed by atoms with Crippen molar-refractivity contribution in [3.63, 3.8) is 0 Å². The maximum Gasteiger partial charge on any atom is 0.338 e. The van der Waals surface area contributed by atoms with Crippen molar-refractivity contribution in [3.05, 3.63) is 65.5 Å². The second kappa shape index (κ2) is 5.91. The lowest BCUT2D eigenvalue weighted by Crippen LogP contribution is -2.04. The van der Waals surface area contributed by atoms with Crippen molar-refractivity contribution in [1.82, 2.24) is 0 Å². The highest BCUT2D eigenvalue weighted by Crippen LogP contribution is 2.17. The molecule has 0 radical (unpaired) electrons. The molecule has 4 heteroatoms. The Kier molecular flexibility index (Phi) is 4.03. The molecule has 2 aromatic rings. The molecule has 0 aromatic heterocycles. The number of benzene rings is 2. The third-order valence-corrected chi connectivity index (χ3v) is 2.56. The van der Waals surface area contributed by atoms with Crippen LogP contribution in [0.5, 0.6) is 0 Å². The minimum Gasteiger partial charge on any atom is -0.465 e. The van der Waals surface area contributed by atoms with E-state index in [2.05, 4.69) is 9.73 Å². The van der Waals surface area contributed by atoms with Gasteiger partial charge in [-0.15, -0.1) is 0 Å². The average molecular weight is 257 g/mol. The summed E-state index contributed by atoms with van der Waals surface area (Å²) in [5.41, 5.74) is 1.20. The number of halogens is 1. The number of nitrogens with zero attached hydrogens (tertiary/aromatic N) is 1. The lowest BCUT2D eigenvalue weighted by Gasteiger charge is -2.03. The van der Waals surface area contributed by atoms with E-state index in [9.17, 15) is 9.18 Å². The zero-order chi connectivity index (χ0) is 13.7. The van der Waals surface area contributed by atoms with Crippen LogP contribution in [0.1, 0.15) is 15.9 Å². The fraction of sp³-hybridized carbons (Fsp3) is 0.0667. The topological polar surface area (TPSA) is 38.7 Å². The second-order valence-corrected chi connectivity index (χ2v) is 3.79. The van der Waals surface area contributed by atoms with Gasteiger partial charge in [-0.2, -0.15) is 0 Å². The summed E-state index contributed by atoms with van der Waals surface area (Å²) in [6.07, 6.45) is 1.45. The Morgan fingerprint density at radius 3 is 2.58 bits per heavy atom. The van der Waals surface area contributed by atoms with Gasteiger partial charge in [-0.1, -0.05) is 30.3 Å². The molecule has 0 aliphatic rings. The van der Waals surface area contributed by atoms with Crippen LogP contribution in [0.2, 0.25) is 0 Å². The Balaban J connectivity index is 2.34. The summed E-state index contributed by atoms with van der Waals surface area (Å²) in [4.78, 5) is 15.6. The van der Waals surface area contributed by atoms with Gasteiger partial charge in [-0.3, -0.25) is 4.99 Å². The van der Waals surface area contributed by atoms with Crippen molar-refractivity contribution >= 4 is 17.9 Å². The molecule has 0 aliphatic carbocycles. The molecule has 2 aromatic carbocycles. The first-order valence-electron chi connectivity index (χ1n) is 5.68. The summed E-state index contributed by atoms with van der Waals surface area (Å²) in [7, 11) is 1.31. The van der Waals surface area contributed by atoms with Crippen LogP contribution < -0.4 is 0 Å². The van der Waals surface area contributed by atoms with Crippen LogP contribution in [-0.2, 0) is 4.74 Å². The number of ether oxygens (including phenoxy) is 1. The fourth-order valence-corrected chi connectivity index (χ4v) is 1.60. The Labute approximate surface area is 110 Å². The normalized spacial score (nSPS) is 10.6. The molecule has 3 nitrogen and oxygen atoms in total. The lowest BCUT2D eigenvalue weighted by atomic mass is 10.1. The number of hydrogen-bond donors (Lipinski definition) is 0. The van der Waals surface area contributed by atoms with Crippen LogP contribution in [0.25, 0.3) is 0 Å². The molecule has 96 valence electrons. The number of aliphatic imine (C=N–C) groups is 1. The van der Waals surface area contributed by atoms with Crippen molar-refractivity contribution in [3.8, 4) is 0 Å². The summed E-state index contributed by atoms with van der Waals surface area (Å²) >= 11 is 0. The summed E-state index contributed by atoms with van der Waals surface area (Å²) in [5.74, 6) is -0.857. The van der Waals surface area contributed by atoms with E-state index in [1.807, 2.05) is 0 Å². The van der Waals surface area contributed by atoms with Gasteiger partial charge in [0.1, 0.15) is 5.82 Å². The number of carbonyl (C=O) groups is 1. The number of esters is 1. The van der Waals surface area contributed by atoms with Crippen molar-refractivity contribution in [1.29, 1.82) is 0 Å². The zero-order valence-electron chi connectivity index (χ0n) is 10.3. The van der Waals surface area contributed by atoms with Crippen LogP contribution in [0, 0.1) is 5.82 Å². The molecule has 0 N–H and O–H groups in total. The highest BCUT2D eigenvalue weighted by molar-refractivity contribution is 5.99. The molecular weight excluding hydrogens is 245 g/mol. The Morgan fingerprint density at radius 2 is 1.84 bits per heavy atom. The van der Waals surface area contributed by atoms with Gasteiger partial charge in [0.15, 0.2) is 0 Å². The molecular formula is C15H12FNO2. The van der Waals surface area contributed by atoms with Crippen molar-refractivity contribution in [2.75, 3.05) is 7.11 Å². The van der Waals surface area contributed by atoms with Gasteiger partial charge in [-0.05, 0) is 18.2 Å². The van der Waals surface area contributed by atoms with E-state index in [0.29, 0.717) is 11.1 Å². The van der Waals surface area contributed by atoms with E-state index in [1.165, 1.54) is 19.4 Å². The molecule has 0 atom stereocenters. The number of rotatable bonds is 3. The smallest absolute Gasteiger partial charge is 0.338 e. The molecule has 0 amide bonds. The first-order valence-corrected chi connectivity index (χ1v) is 5.68. The maximum absolute atomic E-state index is 13.4. The second-order valence-electron chi connectivity index (χ2n) is 3.79. The Hall–Kier alpha value is -2.49.